The Balaban J connectivity index is 1.54. The lowest BCUT2D eigenvalue weighted by atomic mass is 9.84. The van der Waals surface area contributed by atoms with Crippen LogP contribution in [0, 0.1) is 11.8 Å². The van der Waals surface area contributed by atoms with Crippen LogP contribution in [0.4, 0.5) is 0 Å². The number of hydrogen-bond acceptors (Lipinski definition) is 2. The van der Waals surface area contributed by atoms with Crippen LogP contribution in [-0.4, -0.2) is 47.8 Å². The second-order valence-electron chi connectivity index (χ2n) is 5.91. The normalized spacial score (nSPS) is 25.6. The Morgan fingerprint density at radius 3 is 1.56 bits per heavy atom. The molecule has 1 aliphatic heterocycles. The maximum atomic E-state index is 12.2. The summed E-state index contributed by atoms with van der Waals surface area (Å²) in [6, 6.07) is 0. The standard InChI is InChI=1S/C14H22N2O2/c17-13(11-3-1-4-11)15-7-2-8-16(10-9-15)14(18)12-5-6-12/h11-12H,1-10H2. The lowest BCUT2D eigenvalue weighted by Gasteiger charge is -2.31. The molecule has 1 saturated heterocycles. The van der Waals surface area contributed by atoms with E-state index in [0.29, 0.717) is 17.7 Å². The number of nitrogens with zero attached hydrogens (tertiary/aromatic N) is 2. The minimum atomic E-state index is 0.288. The Hall–Kier alpha value is -1.06. The fraction of sp³-hybridized carbons (Fsp3) is 0.857. The van der Waals surface area contributed by atoms with Crippen molar-refractivity contribution in [3.8, 4) is 0 Å². The minimum absolute atomic E-state index is 0.288. The summed E-state index contributed by atoms with van der Waals surface area (Å²) in [5, 5.41) is 0. The van der Waals surface area contributed by atoms with Crippen molar-refractivity contribution < 1.29 is 9.59 Å². The molecule has 0 aromatic heterocycles. The van der Waals surface area contributed by atoms with Crippen LogP contribution in [0.2, 0.25) is 0 Å². The topological polar surface area (TPSA) is 40.6 Å². The highest BCUT2D eigenvalue weighted by Crippen LogP contribution is 2.32. The summed E-state index contributed by atoms with van der Waals surface area (Å²) in [7, 11) is 0. The van der Waals surface area contributed by atoms with Gasteiger partial charge in [-0.15, -0.1) is 0 Å². The third-order valence-corrected chi connectivity index (χ3v) is 4.50. The van der Waals surface area contributed by atoms with Crippen molar-refractivity contribution in [2.45, 2.75) is 38.5 Å². The molecule has 2 amide bonds. The van der Waals surface area contributed by atoms with Gasteiger partial charge in [-0.2, -0.15) is 0 Å². The first-order chi connectivity index (χ1) is 8.75. The molecule has 0 N–H and O–H groups in total. The van der Waals surface area contributed by atoms with E-state index in [2.05, 4.69) is 0 Å². The Kier molecular flexibility index (Phi) is 3.27. The first kappa shape index (κ1) is 12.0. The van der Waals surface area contributed by atoms with Crippen LogP contribution in [0.5, 0.6) is 0 Å². The summed E-state index contributed by atoms with van der Waals surface area (Å²) in [5.41, 5.74) is 0. The van der Waals surface area contributed by atoms with E-state index < -0.39 is 0 Å². The summed E-state index contributed by atoms with van der Waals surface area (Å²) in [6.07, 6.45) is 6.42. The maximum Gasteiger partial charge on any atom is 0.225 e. The van der Waals surface area contributed by atoms with E-state index in [1.165, 1.54) is 6.42 Å². The van der Waals surface area contributed by atoms with Crippen molar-refractivity contribution >= 4 is 11.8 Å². The van der Waals surface area contributed by atoms with Crippen molar-refractivity contribution in [1.82, 2.24) is 9.80 Å². The van der Waals surface area contributed by atoms with Crippen LogP contribution in [0.3, 0.4) is 0 Å². The molecule has 2 saturated carbocycles. The summed E-state index contributed by atoms with van der Waals surface area (Å²) in [4.78, 5) is 28.2. The monoisotopic (exact) mass is 250 g/mol. The highest BCUT2D eigenvalue weighted by Gasteiger charge is 2.35. The van der Waals surface area contributed by atoms with Crippen molar-refractivity contribution in [3.63, 3.8) is 0 Å². The Labute approximate surface area is 108 Å². The molecule has 0 spiro atoms. The number of carbonyl (C=O) groups is 2. The second-order valence-corrected chi connectivity index (χ2v) is 5.91. The van der Waals surface area contributed by atoms with Crippen molar-refractivity contribution in [2.24, 2.45) is 11.8 Å². The Bertz CT molecular complexity index is 348. The number of carbonyl (C=O) groups excluding carboxylic acids is 2. The Morgan fingerprint density at radius 1 is 0.667 bits per heavy atom. The molecule has 100 valence electrons. The summed E-state index contributed by atoms with van der Waals surface area (Å²) in [5.74, 6) is 1.25. The van der Waals surface area contributed by atoms with E-state index in [1.54, 1.807) is 0 Å². The predicted molar refractivity (Wildman–Crippen MR) is 67.8 cm³/mol. The molecule has 2 aliphatic carbocycles. The average molecular weight is 250 g/mol. The maximum absolute atomic E-state index is 12.2. The number of hydrogen-bond donors (Lipinski definition) is 0. The third-order valence-electron chi connectivity index (χ3n) is 4.50. The molecule has 4 heteroatoms. The molecule has 0 bridgehead atoms. The van der Waals surface area contributed by atoms with Gasteiger partial charge in [-0.25, -0.2) is 0 Å². The molecule has 0 aromatic carbocycles. The van der Waals surface area contributed by atoms with Crippen molar-refractivity contribution in [1.29, 1.82) is 0 Å². The Morgan fingerprint density at radius 2 is 1.17 bits per heavy atom. The SMILES string of the molecule is O=C(C1CCC1)N1CCCN(C(=O)C2CC2)CC1. The lowest BCUT2D eigenvalue weighted by Crippen LogP contribution is -2.41. The van der Waals surface area contributed by atoms with Gasteiger partial charge in [-0.3, -0.25) is 9.59 Å². The quantitative estimate of drug-likeness (QED) is 0.740. The molecule has 3 fully saturated rings. The average Bonchev–Trinajstić information content (AvgIpc) is 3.12. The van der Waals surface area contributed by atoms with E-state index in [0.717, 1.165) is 58.3 Å². The van der Waals surface area contributed by atoms with Gasteiger partial charge in [-0.1, -0.05) is 6.42 Å². The first-order valence-corrected chi connectivity index (χ1v) is 7.33. The molecule has 0 unspecified atom stereocenters. The van der Waals surface area contributed by atoms with E-state index >= 15 is 0 Å². The molecule has 4 nitrogen and oxygen atoms in total. The van der Waals surface area contributed by atoms with Gasteiger partial charge < -0.3 is 9.80 Å². The fourth-order valence-electron chi connectivity index (χ4n) is 2.86. The predicted octanol–water partition coefficient (Wildman–Crippen LogP) is 1.26. The summed E-state index contributed by atoms with van der Waals surface area (Å²) < 4.78 is 0. The van der Waals surface area contributed by atoms with Gasteiger partial charge >= 0.3 is 0 Å². The third kappa shape index (κ3) is 2.38. The van der Waals surface area contributed by atoms with E-state index in [4.69, 9.17) is 0 Å². The molecule has 18 heavy (non-hydrogen) atoms. The first-order valence-electron chi connectivity index (χ1n) is 7.33. The molecular formula is C14H22N2O2. The van der Waals surface area contributed by atoms with Crippen molar-refractivity contribution in [3.05, 3.63) is 0 Å². The van der Waals surface area contributed by atoms with Crippen LogP contribution < -0.4 is 0 Å². The van der Waals surface area contributed by atoms with Gasteiger partial charge in [0.15, 0.2) is 0 Å². The van der Waals surface area contributed by atoms with Crippen LogP contribution >= 0.6 is 0 Å². The van der Waals surface area contributed by atoms with Gasteiger partial charge in [0.1, 0.15) is 0 Å². The van der Waals surface area contributed by atoms with Gasteiger partial charge in [0.05, 0.1) is 0 Å². The molecular weight excluding hydrogens is 228 g/mol. The fourth-order valence-corrected chi connectivity index (χ4v) is 2.86. The van der Waals surface area contributed by atoms with Crippen molar-refractivity contribution in [2.75, 3.05) is 26.2 Å². The number of rotatable bonds is 2. The van der Waals surface area contributed by atoms with E-state index in [9.17, 15) is 9.59 Å². The van der Waals surface area contributed by atoms with Crippen LogP contribution in [0.25, 0.3) is 0 Å². The van der Waals surface area contributed by atoms with Gasteiger partial charge in [0.2, 0.25) is 11.8 Å². The molecule has 0 radical (unpaired) electrons. The number of amides is 2. The molecule has 0 atom stereocenters. The zero-order valence-corrected chi connectivity index (χ0v) is 10.9. The van der Waals surface area contributed by atoms with E-state index in [1.807, 2.05) is 9.80 Å². The highest BCUT2D eigenvalue weighted by molar-refractivity contribution is 5.82. The second kappa shape index (κ2) is 4.90. The lowest BCUT2D eigenvalue weighted by molar-refractivity contribution is -0.138. The van der Waals surface area contributed by atoms with Gasteiger partial charge in [0, 0.05) is 38.0 Å². The summed E-state index contributed by atoms with van der Waals surface area (Å²) >= 11 is 0. The summed E-state index contributed by atoms with van der Waals surface area (Å²) in [6.45, 7) is 3.16. The van der Waals surface area contributed by atoms with Crippen LogP contribution in [0.15, 0.2) is 0 Å². The smallest absolute Gasteiger partial charge is 0.225 e. The van der Waals surface area contributed by atoms with Crippen LogP contribution in [0.1, 0.15) is 38.5 Å². The molecule has 3 rings (SSSR count). The highest BCUT2D eigenvalue weighted by atomic mass is 16.2. The molecule has 1 heterocycles. The largest absolute Gasteiger partial charge is 0.341 e. The molecule has 3 aliphatic rings. The van der Waals surface area contributed by atoms with Gasteiger partial charge in [-0.05, 0) is 32.1 Å². The van der Waals surface area contributed by atoms with Gasteiger partial charge in [0.25, 0.3) is 0 Å². The van der Waals surface area contributed by atoms with Crippen LogP contribution in [-0.2, 0) is 9.59 Å². The zero-order chi connectivity index (χ0) is 12.5. The minimum Gasteiger partial charge on any atom is -0.341 e. The molecule has 0 aromatic rings. The zero-order valence-electron chi connectivity index (χ0n) is 10.9. The van der Waals surface area contributed by atoms with E-state index in [-0.39, 0.29) is 5.92 Å².